The number of allylic oxidation sites excluding steroid dienone is 1. The highest BCUT2D eigenvalue weighted by Crippen LogP contribution is 2.13. The summed E-state index contributed by atoms with van der Waals surface area (Å²) in [5.74, 6) is -0.378. The Bertz CT molecular complexity index is 371. The topological polar surface area (TPSA) is 62.0 Å². The van der Waals surface area contributed by atoms with E-state index in [-0.39, 0.29) is 11.5 Å². The Kier molecular flexibility index (Phi) is 3.49. The maximum absolute atomic E-state index is 12.4. The van der Waals surface area contributed by atoms with E-state index >= 15 is 0 Å². The number of carbonyl (C=O) groups excluding carboxylic acids is 1. The van der Waals surface area contributed by atoms with Gasteiger partial charge in [0.1, 0.15) is 12.1 Å². The monoisotopic (exact) mass is 194 g/mol. The summed E-state index contributed by atoms with van der Waals surface area (Å²) >= 11 is 0. The zero-order valence-corrected chi connectivity index (χ0v) is 7.09. The molecule has 0 bridgehead atoms. The van der Waals surface area contributed by atoms with Crippen LogP contribution in [-0.2, 0) is 4.79 Å². The molecular formula is C9H7FN2O2. The molecule has 72 valence electrons. The average Bonchev–Trinajstić information content (AvgIpc) is 2.22. The summed E-state index contributed by atoms with van der Waals surface area (Å²) < 4.78 is 12.4. The van der Waals surface area contributed by atoms with Crippen LogP contribution >= 0.6 is 0 Å². The third-order valence-corrected chi connectivity index (χ3v) is 1.36. The minimum Gasteiger partial charge on any atom is -0.513 e. The van der Waals surface area contributed by atoms with Gasteiger partial charge in [0.25, 0.3) is 0 Å². The third-order valence-electron chi connectivity index (χ3n) is 1.36. The van der Waals surface area contributed by atoms with Crippen molar-refractivity contribution in [2.75, 3.05) is 0 Å². The van der Waals surface area contributed by atoms with Crippen molar-refractivity contribution < 1.29 is 14.3 Å². The number of aliphatic hydroxyl groups excluding tert-OH is 1. The molecule has 0 radical (unpaired) electrons. The first-order valence-corrected chi connectivity index (χ1v) is 3.73. The predicted molar refractivity (Wildman–Crippen MR) is 47.7 cm³/mol. The van der Waals surface area contributed by atoms with Crippen LogP contribution in [-0.4, -0.2) is 11.4 Å². The van der Waals surface area contributed by atoms with Gasteiger partial charge in [-0.3, -0.25) is 4.79 Å². The first kappa shape index (κ1) is 10.0. The molecule has 5 heteroatoms. The number of halogens is 1. The molecule has 1 N–H and O–H groups in total. The SMILES string of the molecule is O=C/C(=C\O)N=Nc1ccc(F)cc1. The van der Waals surface area contributed by atoms with E-state index in [9.17, 15) is 9.18 Å². The van der Waals surface area contributed by atoms with E-state index in [2.05, 4.69) is 10.2 Å². The van der Waals surface area contributed by atoms with Crippen LogP contribution in [0.5, 0.6) is 0 Å². The number of rotatable bonds is 3. The summed E-state index contributed by atoms with van der Waals surface area (Å²) in [5, 5.41) is 15.4. The van der Waals surface area contributed by atoms with E-state index in [1.165, 1.54) is 24.3 Å². The van der Waals surface area contributed by atoms with Crippen molar-refractivity contribution in [1.29, 1.82) is 0 Å². The number of benzene rings is 1. The molecule has 0 aliphatic heterocycles. The fraction of sp³-hybridized carbons (Fsp3) is 0. The molecule has 0 aliphatic rings. The highest BCUT2D eigenvalue weighted by atomic mass is 19.1. The summed E-state index contributed by atoms with van der Waals surface area (Å²) in [7, 11) is 0. The lowest BCUT2D eigenvalue weighted by Crippen LogP contribution is -1.77. The third kappa shape index (κ3) is 2.78. The molecule has 0 saturated carbocycles. The first-order chi connectivity index (χ1) is 6.76. The molecule has 4 nitrogen and oxygen atoms in total. The van der Waals surface area contributed by atoms with E-state index in [0.29, 0.717) is 18.2 Å². The lowest BCUT2D eigenvalue weighted by atomic mass is 10.3. The van der Waals surface area contributed by atoms with E-state index in [1.54, 1.807) is 0 Å². The summed E-state index contributed by atoms with van der Waals surface area (Å²) in [6.45, 7) is 0. The van der Waals surface area contributed by atoms with Crippen molar-refractivity contribution in [1.82, 2.24) is 0 Å². The van der Waals surface area contributed by atoms with Gasteiger partial charge in [-0.1, -0.05) is 0 Å². The van der Waals surface area contributed by atoms with Gasteiger partial charge in [-0.25, -0.2) is 4.39 Å². The van der Waals surface area contributed by atoms with Crippen LogP contribution in [0.25, 0.3) is 0 Å². The fourth-order valence-electron chi connectivity index (χ4n) is 0.703. The lowest BCUT2D eigenvalue weighted by Gasteiger charge is -1.90. The van der Waals surface area contributed by atoms with Crippen LogP contribution < -0.4 is 0 Å². The second-order valence-corrected chi connectivity index (χ2v) is 2.35. The van der Waals surface area contributed by atoms with Gasteiger partial charge in [-0.15, -0.1) is 5.11 Å². The van der Waals surface area contributed by atoms with Crippen molar-refractivity contribution in [3.63, 3.8) is 0 Å². The molecule has 0 spiro atoms. The Labute approximate surface area is 79.4 Å². The van der Waals surface area contributed by atoms with Gasteiger partial charge in [0.15, 0.2) is 12.0 Å². The summed E-state index contributed by atoms with van der Waals surface area (Å²) in [6, 6.07) is 5.24. The molecule has 0 fully saturated rings. The Morgan fingerprint density at radius 2 is 2.00 bits per heavy atom. The molecule has 0 saturated heterocycles. The first-order valence-electron chi connectivity index (χ1n) is 3.73. The van der Waals surface area contributed by atoms with E-state index in [4.69, 9.17) is 5.11 Å². The molecule has 1 aromatic carbocycles. The molecule has 0 aromatic heterocycles. The number of hydrogen-bond acceptors (Lipinski definition) is 4. The van der Waals surface area contributed by atoms with Gasteiger partial charge in [0.05, 0.1) is 5.69 Å². The largest absolute Gasteiger partial charge is 0.513 e. The standard InChI is InChI=1S/C9H7FN2O2/c10-7-1-3-8(4-2-7)11-12-9(5-13)6-14/h1-6,13H/b9-5+,12-11?. The van der Waals surface area contributed by atoms with E-state index in [1.807, 2.05) is 0 Å². The van der Waals surface area contributed by atoms with Crippen molar-refractivity contribution in [2.45, 2.75) is 0 Å². The highest BCUT2D eigenvalue weighted by Gasteiger charge is 1.92. The van der Waals surface area contributed by atoms with Gasteiger partial charge < -0.3 is 5.11 Å². The van der Waals surface area contributed by atoms with Crippen LogP contribution in [0.2, 0.25) is 0 Å². The lowest BCUT2D eigenvalue weighted by molar-refractivity contribution is -0.105. The highest BCUT2D eigenvalue weighted by molar-refractivity contribution is 5.71. The second-order valence-electron chi connectivity index (χ2n) is 2.35. The van der Waals surface area contributed by atoms with Gasteiger partial charge in [0.2, 0.25) is 0 Å². The number of aliphatic hydroxyl groups is 1. The molecule has 0 aliphatic carbocycles. The number of azo groups is 1. The van der Waals surface area contributed by atoms with Crippen LogP contribution in [0.1, 0.15) is 0 Å². The smallest absolute Gasteiger partial charge is 0.173 e. The van der Waals surface area contributed by atoms with Gasteiger partial charge >= 0.3 is 0 Å². The van der Waals surface area contributed by atoms with Gasteiger partial charge in [-0.05, 0) is 24.3 Å². The Morgan fingerprint density at radius 3 is 2.50 bits per heavy atom. The van der Waals surface area contributed by atoms with Gasteiger partial charge in [-0.2, -0.15) is 5.11 Å². The average molecular weight is 194 g/mol. The molecule has 0 amide bonds. The molecule has 1 rings (SSSR count). The Hall–Kier alpha value is -2.04. The quantitative estimate of drug-likeness (QED) is 0.347. The van der Waals surface area contributed by atoms with Crippen LogP contribution in [0.15, 0.2) is 46.5 Å². The summed E-state index contributed by atoms with van der Waals surface area (Å²) in [6.07, 6.45) is 0.896. The normalized spacial score (nSPS) is 11.9. The van der Waals surface area contributed by atoms with Gasteiger partial charge in [0, 0.05) is 0 Å². The molecule has 1 aromatic rings. The number of carbonyl (C=O) groups is 1. The maximum atomic E-state index is 12.4. The molecule has 14 heavy (non-hydrogen) atoms. The number of aldehydes is 1. The zero-order valence-electron chi connectivity index (χ0n) is 7.09. The predicted octanol–water partition coefficient (Wildman–Crippen LogP) is 2.51. The Morgan fingerprint density at radius 1 is 1.36 bits per heavy atom. The molecular weight excluding hydrogens is 187 g/mol. The van der Waals surface area contributed by atoms with Crippen LogP contribution in [0, 0.1) is 5.82 Å². The van der Waals surface area contributed by atoms with Crippen molar-refractivity contribution >= 4 is 12.0 Å². The summed E-state index contributed by atoms with van der Waals surface area (Å²) in [5.41, 5.74) is 0.196. The van der Waals surface area contributed by atoms with Crippen LogP contribution in [0.4, 0.5) is 10.1 Å². The molecule has 0 unspecified atom stereocenters. The maximum Gasteiger partial charge on any atom is 0.173 e. The molecule has 0 atom stereocenters. The summed E-state index contributed by atoms with van der Waals surface area (Å²) in [4.78, 5) is 10.2. The number of hydrogen-bond donors (Lipinski definition) is 1. The number of nitrogens with zero attached hydrogens (tertiary/aromatic N) is 2. The van der Waals surface area contributed by atoms with Crippen molar-refractivity contribution in [3.8, 4) is 0 Å². The van der Waals surface area contributed by atoms with Crippen molar-refractivity contribution in [2.24, 2.45) is 10.2 Å². The van der Waals surface area contributed by atoms with Crippen LogP contribution in [0.3, 0.4) is 0 Å². The minimum absolute atomic E-state index is 0.200. The van der Waals surface area contributed by atoms with E-state index in [0.717, 1.165) is 0 Å². The fourth-order valence-corrected chi connectivity index (χ4v) is 0.703. The second kappa shape index (κ2) is 4.86. The van der Waals surface area contributed by atoms with Crippen molar-refractivity contribution in [3.05, 3.63) is 42.0 Å². The minimum atomic E-state index is -0.378. The van der Waals surface area contributed by atoms with E-state index < -0.39 is 0 Å². The molecule has 0 heterocycles. The Balaban J connectivity index is 2.78. The zero-order chi connectivity index (χ0) is 10.4.